The van der Waals surface area contributed by atoms with Gasteiger partial charge in [0.1, 0.15) is 0 Å². The lowest BCUT2D eigenvalue weighted by molar-refractivity contribution is 0.0951. The fourth-order valence-corrected chi connectivity index (χ4v) is 3.35. The van der Waals surface area contributed by atoms with E-state index in [4.69, 9.17) is 0 Å². The molecule has 0 spiro atoms. The number of amides is 1. The molecule has 1 amide bonds. The minimum absolute atomic E-state index is 0.0976. The number of hydrogen-bond acceptors (Lipinski definition) is 5. The second kappa shape index (κ2) is 8.52. The minimum atomic E-state index is -3.67. The molecule has 0 aliphatic heterocycles. The Morgan fingerprint density at radius 2 is 1.59 bits per heavy atom. The fraction of sp³-hybridized carbons (Fsp3) is 0.105. The van der Waals surface area contributed by atoms with Crippen LogP contribution in [0, 0.1) is 0 Å². The summed E-state index contributed by atoms with van der Waals surface area (Å²) in [5.41, 5.74) is 2.07. The number of hydrogen-bond donors (Lipinski definition) is 2. The number of nitrogens with zero attached hydrogens (tertiary/aromatic N) is 2. The number of aromatic nitrogens is 2. The third-order valence-corrected chi connectivity index (χ3v) is 5.24. The van der Waals surface area contributed by atoms with E-state index in [1.807, 2.05) is 6.07 Å². The maximum Gasteiger partial charge on any atom is 0.251 e. The Labute approximate surface area is 157 Å². The molecule has 8 heteroatoms. The first-order valence-electron chi connectivity index (χ1n) is 8.20. The van der Waals surface area contributed by atoms with Gasteiger partial charge >= 0.3 is 0 Å². The van der Waals surface area contributed by atoms with Crippen molar-refractivity contribution in [1.29, 1.82) is 0 Å². The summed E-state index contributed by atoms with van der Waals surface area (Å²) in [7, 11) is -3.67. The molecule has 0 fully saturated rings. The van der Waals surface area contributed by atoms with Crippen LogP contribution in [0.5, 0.6) is 0 Å². The molecule has 0 saturated heterocycles. The maximum absolute atomic E-state index is 12.4. The molecule has 0 aliphatic carbocycles. The lowest BCUT2D eigenvalue weighted by Gasteiger charge is -2.08. The average Bonchev–Trinajstić information content (AvgIpc) is 2.72. The van der Waals surface area contributed by atoms with Crippen LogP contribution in [0.4, 0.5) is 0 Å². The van der Waals surface area contributed by atoms with Crippen LogP contribution in [-0.2, 0) is 23.1 Å². The van der Waals surface area contributed by atoms with Gasteiger partial charge in [0, 0.05) is 43.4 Å². The van der Waals surface area contributed by atoms with Gasteiger partial charge in [0.2, 0.25) is 10.0 Å². The fourth-order valence-electron chi connectivity index (χ4n) is 2.33. The second-order valence-corrected chi connectivity index (χ2v) is 7.52. The van der Waals surface area contributed by atoms with E-state index in [1.165, 1.54) is 24.3 Å². The Morgan fingerprint density at radius 1 is 0.852 bits per heavy atom. The average molecular weight is 382 g/mol. The normalized spacial score (nSPS) is 11.1. The Kier molecular flexibility index (Phi) is 5.90. The van der Waals surface area contributed by atoms with Crippen LogP contribution in [0.1, 0.15) is 21.5 Å². The summed E-state index contributed by atoms with van der Waals surface area (Å²) in [6.45, 7) is 0.512. The Balaban J connectivity index is 1.61. The summed E-state index contributed by atoms with van der Waals surface area (Å²) in [6, 6.07) is 12.9. The van der Waals surface area contributed by atoms with Gasteiger partial charge in [-0.25, -0.2) is 13.1 Å². The van der Waals surface area contributed by atoms with E-state index in [9.17, 15) is 13.2 Å². The van der Waals surface area contributed by atoms with Gasteiger partial charge in [-0.2, -0.15) is 0 Å². The third kappa shape index (κ3) is 5.19. The quantitative estimate of drug-likeness (QED) is 0.650. The molecule has 0 atom stereocenters. The molecule has 0 aliphatic rings. The Bertz CT molecular complexity index is 992. The predicted molar refractivity (Wildman–Crippen MR) is 100 cm³/mol. The number of pyridine rings is 2. The van der Waals surface area contributed by atoms with Crippen molar-refractivity contribution < 1.29 is 13.2 Å². The van der Waals surface area contributed by atoms with Crippen molar-refractivity contribution in [2.75, 3.05) is 0 Å². The smallest absolute Gasteiger partial charge is 0.251 e. The van der Waals surface area contributed by atoms with Crippen molar-refractivity contribution >= 4 is 15.9 Å². The van der Waals surface area contributed by atoms with Gasteiger partial charge in [0.15, 0.2) is 0 Å². The Morgan fingerprint density at radius 3 is 2.26 bits per heavy atom. The molecule has 0 bridgehead atoms. The first-order valence-corrected chi connectivity index (χ1v) is 9.69. The van der Waals surface area contributed by atoms with Gasteiger partial charge in [-0.3, -0.25) is 14.8 Å². The highest BCUT2D eigenvalue weighted by atomic mass is 32.2. The van der Waals surface area contributed by atoms with Crippen molar-refractivity contribution in [2.45, 2.75) is 18.0 Å². The molecule has 3 rings (SSSR count). The lowest BCUT2D eigenvalue weighted by atomic mass is 10.2. The third-order valence-electron chi connectivity index (χ3n) is 3.82. The van der Waals surface area contributed by atoms with Crippen molar-refractivity contribution in [1.82, 2.24) is 20.0 Å². The summed E-state index contributed by atoms with van der Waals surface area (Å²) >= 11 is 0. The van der Waals surface area contributed by atoms with E-state index < -0.39 is 10.0 Å². The zero-order valence-electron chi connectivity index (χ0n) is 14.4. The largest absolute Gasteiger partial charge is 0.348 e. The summed E-state index contributed by atoms with van der Waals surface area (Å²) in [5.74, 6) is -0.285. The molecular weight excluding hydrogens is 364 g/mol. The van der Waals surface area contributed by atoms with Crippen molar-refractivity contribution in [3.05, 3.63) is 90.0 Å². The predicted octanol–water partition coefficient (Wildman–Crippen LogP) is 1.89. The van der Waals surface area contributed by atoms with Gasteiger partial charge in [-0.15, -0.1) is 0 Å². The number of rotatable bonds is 7. The van der Waals surface area contributed by atoms with Crippen molar-refractivity contribution in [3.8, 4) is 0 Å². The summed E-state index contributed by atoms with van der Waals surface area (Å²) < 4.78 is 27.3. The monoisotopic (exact) mass is 382 g/mol. The molecule has 138 valence electrons. The molecule has 7 nitrogen and oxygen atoms in total. The molecule has 2 N–H and O–H groups in total. The molecule has 3 aromatic rings. The standard InChI is InChI=1S/C19H18N4O3S/c24-19(22-13-16-2-1-9-21-12-16)17-3-5-18(6-4-17)27(25,26)23-14-15-7-10-20-11-8-15/h1-12,23H,13-14H2,(H,22,24). The van der Waals surface area contributed by atoms with E-state index in [0.29, 0.717) is 12.1 Å². The first-order chi connectivity index (χ1) is 13.0. The van der Waals surface area contributed by atoms with E-state index in [-0.39, 0.29) is 17.3 Å². The molecular formula is C19H18N4O3S. The summed E-state index contributed by atoms with van der Waals surface area (Å²) in [4.78, 5) is 20.2. The van der Waals surface area contributed by atoms with E-state index in [0.717, 1.165) is 11.1 Å². The van der Waals surface area contributed by atoms with E-state index in [1.54, 1.807) is 43.0 Å². The molecule has 0 saturated carbocycles. The minimum Gasteiger partial charge on any atom is -0.348 e. The van der Waals surface area contributed by atoms with Crippen LogP contribution in [0.25, 0.3) is 0 Å². The summed E-state index contributed by atoms with van der Waals surface area (Å²) in [6.07, 6.45) is 6.53. The number of carbonyl (C=O) groups is 1. The highest BCUT2D eigenvalue weighted by molar-refractivity contribution is 7.89. The van der Waals surface area contributed by atoms with Crippen LogP contribution < -0.4 is 10.0 Å². The topological polar surface area (TPSA) is 101 Å². The first kappa shape index (κ1) is 18.7. The van der Waals surface area contributed by atoms with Crippen LogP contribution in [0.3, 0.4) is 0 Å². The number of benzene rings is 1. The number of nitrogens with one attached hydrogen (secondary N) is 2. The van der Waals surface area contributed by atoms with Crippen molar-refractivity contribution in [2.24, 2.45) is 0 Å². The molecule has 2 heterocycles. The Hall–Kier alpha value is -3.10. The highest BCUT2D eigenvalue weighted by Crippen LogP contribution is 2.11. The lowest BCUT2D eigenvalue weighted by Crippen LogP contribution is -2.24. The highest BCUT2D eigenvalue weighted by Gasteiger charge is 2.14. The van der Waals surface area contributed by atoms with Crippen LogP contribution in [0.2, 0.25) is 0 Å². The van der Waals surface area contributed by atoms with E-state index in [2.05, 4.69) is 20.0 Å². The molecule has 0 unspecified atom stereocenters. The SMILES string of the molecule is O=C(NCc1cccnc1)c1ccc(S(=O)(=O)NCc2ccncc2)cc1. The van der Waals surface area contributed by atoms with Crippen molar-refractivity contribution in [3.63, 3.8) is 0 Å². The molecule has 0 radical (unpaired) electrons. The van der Waals surface area contributed by atoms with E-state index >= 15 is 0 Å². The van der Waals surface area contributed by atoms with Gasteiger partial charge in [-0.05, 0) is 53.6 Å². The number of carbonyl (C=O) groups excluding carboxylic acids is 1. The second-order valence-electron chi connectivity index (χ2n) is 5.75. The molecule has 2 aromatic heterocycles. The van der Waals surface area contributed by atoms with Crippen LogP contribution in [0.15, 0.2) is 78.2 Å². The molecule has 1 aromatic carbocycles. The summed E-state index contributed by atoms with van der Waals surface area (Å²) in [5, 5.41) is 2.77. The molecule has 27 heavy (non-hydrogen) atoms. The maximum atomic E-state index is 12.4. The van der Waals surface area contributed by atoms with Gasteiger partial charge in [-0.1, -0.05) is 6.07 Å². The van der Waals surface area contributed by atoms with Crippen LogP contribution in [-0.4, -0.2) is 24.3 Å². The van der Waals surface area contributed by atoms with Gasteiger partial charge in [0.25, 0.3) is 5.91 Å². The zero-order chi connectivity index (χ0) is 19.1. The van der Waals surface area contributed by atoms with Crippen LogP contribution >= 0.6 is 0 Å². The zero-order valence-corrected chi connectivity index (χ0v) is 15.2. The van der Waals surface area contributed by atoms with Gasteiger partial charge in [0.05, 0.1) is 4.90 Å². The number of sulfonamides is 1. The van der Waals surface area contributed by atoms with Gasteiger partial charge < -0.3 is 5.32 Å².